The average Bonchev–Trinajstić information content (AvgIpc) is 4.14. The molecule has 0 radical (unpaired) electrons. The molecule has 2 bridgehead atoms. The van der Waals surface area contributed by atoms with Crippen LogP contribution in [0, 0.1) is 24.0 Å². The Hall–Kier alpha value is -7.86. The summed E-state index contributed by atoms with van der Waals surface area (Å²) in [5, 5.41) is 20.6. The number of fused-ring (bicyclic) bond motifs is 6. The number of aromatic hydroxyl groups is 1. The van der Waals surface area contributed by atoms with Gasteiger partial charge in [0, 0.05) is 74.1 Å². The van der Waals surface area contributed by atoms with Gasteiger partial charge in [-0.25, -0.2) is 8.78 Å². The lowest BCUT2D eigenvalue weighted by molar-refractivity contribution is -0.130. The van der Waals surface area contributed by atoms with Crippen molar-refractivity contribution in [2.75, 3.05) is 70.8 Å². The van der Waals surface area contributed by atoms with E-state index in [-0.39, 0.29) is 93.4 Å². The molecule has 0 spiro atoms. The molecule has 0 aliphatic carbocycles. The van der Waals surface area contributed by atoms with Crippen LogP contribution < -0.4 is 25.6 Å². The molecule has 5 atom stereocenters. The van der Waals surface area contributed by atoms with Crippen LogP contribution in [-0.4, -0.2) is 155 Å². The lowest BCUT2D eigenvalue weighted by atomic mass is 9.94. The fourth-order valence-electron chi connectivity index (χ4n) is 11.6. The predicted octanol–water partition coefficient (Wildman–Crippen LogP) is 6.11. The van der Waals surface area contributed by atoms with Crippen LogP contribution in [0.2, 0.25) is 0 Å². The van der Waals surface area contributed by atoms with Crippen LogP contribution in [0.5, 0.6) is 11.8 Å². The molecule has 2 aromatic heterocycles. The van der Waals surface area contributed by atoms with Gasteiger partial charge in [0.2, 0.25) is 11.8 Å². The molecule has 4 fully saturated rings. The van der Waals surface area contributed by atoms with Crippen molar-refractivity contribution in [2.24, 2.45) is 0 Å². The monoisotopic (exact) mass is 1050 g/mol. The van der Waals surface area contributed by atoms with Crippen molar-refractivity contribution < 1.29 is 47.3 Å². The number of amides is 4. The maximum absolute atomic E-state index is 16.9. The van der Waals surface area contributed by atoms with Crippen LogP contribution in [0.25, 0.3) is 32.9 Å². The Balaban J connectivity index is 0.000000214. The second kappa shape index (κ2) is 22.8. The number of phenolic OH excluding ortho intramolecular Hbond substituents is 1. The van der Waals surface area contributed by atoms with Gasteiger partial charge in [-0.2, -0.15) is 9.97 Å². The first-order chi connectivity index (χ1) is 37.1. The van der Waals surface area contributed by atoms with E-state index in [0.29, 0.717) is 80.5 Å². The number of piperazine rings is 1. The normalized spacial score (nSPS) is 20.9. The number of carbonyl (C=O) groups excluding carboxylic acids is 5. The topological polar surface area (TPSA) is 212 Å². The van der Waals surface area contributed by atoms with E-state index >= 15 is 4.39 Å². The number of rotatable bonds is 18. The molecular formula is C57H62F2N10O8. The van der Waals surface area contributed by atoms with E-state index in [1.165, 1.54) is 49.6 Å². The van der Waals surface area contributed by atoms with Crippen LogP contribution >= 0.6 is 0 Å². The zero-order chi connectivity index (χ0) is 54.7. The first-order valence-corrected chi connectivity index (χ1v) is 25.8. The number of carbonyl (C=O) groups is 5. The zero-order valence-electron chi connectivity index (χ0n) is 43.4. The van der Waals surface area contributed by atoms with Crippen LogP contribution in [0.3, 0.4) is 0 Å². The summed E-state index contributed by atoms with van der Waals surface area (Å²) in [6, 6.07) is 9.81. The highest BCUT2D eigenvalue weighted by Crippen LogP contribution is 2.45. The molecule has 77 heavy (non-hydrogen) atoms. The Labute approximate surface area is 444 Å². The fourth-order valence-corrected chi connectivity index (χ4v) is 11.6. The van der Waals surface area contributed by atoms with Crippen molar-refractivity contribution in [2.45, 2.75) is 87.5 Å². The largest absolute Gasteiger partial charge is 0.508 e. The number of allylic oxidation sites excluding steroid dienone is 1. The first-order valence-electron chi connectivity index (χ1n) is 25.8. The SMILES string of the molecule is C#Cc1c(F)ccc2cc(O)cc(-c3ncc4c(N5CC6CCC(C5)N6)nc(OCC56CCC(COC=O)N5CC(=C)C6)nc4c3F)c12.C=CCCC(C(=O)NC)N1C(=O)c2ccc(NC(=O)CCCN(C)C)cc2C1=O. The number of hydrogen-bond acceptors (Lipinski definition) is 15. The predicted molar refractivity (Wildman–Crippen MR) is 286 cm³/mol. The highest BCUT2D eigenvalue weighted by Gasteiger charge is 2.51. The summed E-state index contributed by atoms with van der Waals surface area (Å²) in [6.07, 6.45) is 15.2. The molecule has 4 N–H and O–H groups in total. The lowest BCUT2D eigenvalue weighted by Crippen LogP contribution is -2.51. The maximum atomic E-state index is 16.9. The summed E-state index contributed by atoms with van der Waals surface area (Å²) in [5.74, 6) is -0.253. The molecule has 5 aromatic rings. The van der Waals surface area contributed by atoms with Gasteiger partial charge in [-0.15, -0.1) is 13.0 Å². The van der Waals surface area contributed by atoms with Gasteiger partial charge in [0.1, 0.15) is 47.9 Å². The number of nitrogens with one attached hydrogen (secondary N) is 3. The van der Waals surface area contributed by atoms with Crippen LogP contribution in [0.1, 0.15) is 84.1 Å². The number of terminal acetylenes is 1. The third-order valence-electron chi connectivity index (χ3n) is 15.1. The smallest absolute Gasteiger partial charge is 0.319 e. The number of aromatic nitrogens is 3. The Bertz CT molecular complexity index is 3230. The molecule has 7 heterocycles. The minimum Gasteiger partial charge on any atom is -0.508 e. The number of phenols is 1. The summed E-state index contributed by atoms with van der Waals surface area (Å²) in [6.45, 7) is 11.7. The molecule has 4 saturated heterocycles. The fraction of sp³-hybridized carbons (Fsp3) is 0.404. The van der Waals surface area contributed by atoms with Gasteiger partial charge in [-0.05, 0) is 114 Å². The van der Waals surface area contributed by atoms with E-state index in [2.05, 4.69) is 54.8 Å². The van der Waals surface area contributed by atoms with E-state index < -0.39 is 35.4 Å². The van der Waals surface area contributed by atoms with Crippen molar-refractivity contribution in [3.8, 4) is 35.4 Å². The quantitative estimate of drug-likeness (QED) is 0.0338. The van der Waals surface area contributed by atoms with Gasteiger partial charge < -0.3 is 40.3 Å². The van der Waals surface area contributed by atoms with Crippen molar-refractivity contribution >= 4 is 63.3 Å². The summed E-state index contributed by atoms with van der Waals surface area (Å²) < 4.78 is 43.3. The molecule has 18 nitrogen and oxygen atoms in total. The first kappa shape index (κ1) is 53.9. The molecular weight excluding hydrogens is 991 g/mol. The van der Waals surface area contributed by atoms with E-state index in [4.69, 9.17) is 20.9 Å². The zero-order valence-corrected chi connectivity index (χ0v) is 43.4. The number of likely N-dealkylation sites (N-methyl/N-ethyl adjacent to an activating group) is 1. The van der Waals surface area contributed by atoms with Crippen LogP contribution in [-0.2, 0) is 19.1 Å². The van der Waals surface area contributed by atoms with Gasteiger partial charge in [0.15, 0.2) is 5.82 Å². The molecule has 5 aliphatic heterocycles. The second-order valence-corrected chi connectivity index (χ2v) is 20.6. The number of pyridine rings is 1. The maximum Gasteiger partial charge on any atom is 0.319 e. The van der Waals surface area contributed by atoms with Gasteiger partial charge in [-0.3, -0.25) is 38.8 Å². The summed E-state index contributed by atoms with van der Waals surface area (Å²) in [5.41, 5.74) is 1.51. The number of halogens is 2. The number of ether oxygens (including phenoxy) is 2. The molecule has 3 aromatic carbocycles. The number of nitrogens with zero attached hydrogens (tertiary/aromatic N) is 7. The van der Waals surface area contributed by atoms with E-state index in [1.807, 2.05) is 19.0 Å². The van der Waals surface area contributed by atoms with Crippen LogP contribution in [0.4, 0.5) is 20.3 Å². The van der Waals surface area contributed by atoms with Crippen molar-refractivity contribution in [3.05, 3.63) is 102 Å². The van der Waals surface area contributed by atoms with Gasteiger partial charge in [-0.1, -0.05) is 30.2 Å². The van der Waals surface area contributed by atoms with E-state index in [1.54, 1.807) is 12.1 Å². The minimum atomic E-state index is -0.908. The average molecular weight is 1050 g/mol. The van der Waals surface area contributed by atoms with E-state index in [9.17, 15) is 33.5 Å². The highest BCUT2D eigenvalue weighted by molar-refractivity contribution is 6.23. The molecule has 20 heteroatoms. The standard InChI is InChI=1S/C36H34F2N6O4.C21H28N4O4/c1-3-26-29(37)7-4-21-10-25(46)11-27(30(21)26)32-31(38)33-28(13-39-32)34(43-15-22-5-6-23(16-43)40-22)42-35(41-33)48-18-36-9-8-24(17-47-19-45)44(36)14-20(2)12-36;1-5-6-8-17(19(27)22-2)25-20(28)15-11-10-14(13-16(15)21(25)29)23-18(26)9-7-12-24(3)4/h1,4,7,10-11,13,19,22-24,40,46H,2,5-6,8-9,12,14-18H2;5,10-11,13,17H,1,6-9,12H2,2-4H3,(H,22,27)(H,23,26). The molecule has 5 aliphatic rings. The second-order valence-electron chi connectivity index (χ2n) is 20.6. The Kier molecular flexibility index (Phi) is 16.0. The Morgan fingerprint density at radius 3 is 2.55 bits per heavy atom. The number of hydrogen-bond donors (Lipinski definition) is 4. The van der Waals surface area contributed by atoms with Gasteiger partial charge in [0.05, 0.1) is 27.6 Å². The van der Waals surface area contributed by atoms with Gasteiger partial charge in [0.25, 0.3) is 18.3 Å². The lowest BCUT2D eigenvalue weighted by Gasteiger charge is -2.35. The third-order valence-corrected chi connectivity index (χ3v) is 15.1. The summed E-state index contributed by atoms with van der Waals surface area (Å²) in [4.78, 5) is 82.3. The van der Waals surface area contributed by atoms with Gasteiger partial charge >= 0.3 is 6.01 Å². The summed E-state index contributed by atoms with van der Waals surface area (Å²) in [7, 11) is 5.34. The minimum absolute atomic E-state index is 0.00472. The van der Waals surface area contributed by atoms with E-state index in [0.717, 1.165) is 42.7 Å². The number of benzene rings is 3. The molecule has 4 amide bonds. The summed E-state index contributed by atoms with van der Waals surface area (Å²) >= 11 is 0. The van der Waals surface area contributed by atoms with Crippen molar-refractivity contribution in [1.29, 1.82) is 0 Å². The Morgan fingerprint density at radius 2 is 1.83 bits per heavy atom. The molecule has 402 valence electrons. The van der Waals surface area contributed by atoms with Crippen molar-refractivity contribution in [3.63, 3.8) is 0 Å². The third kappa shape index (κ3) is 10.9. The molecule has 0 saturated carbocycles. The van der Waals surface area contributed by atoms with Crippen LogP contribution in [0.15, 0.2) is 73.5 Å². The molecule has 10 rings (SSSR count). The highest BCUT2D eigenvalue weighted by atomic mass is 19.1. The Morgan fingerprint density at radius 1 is 1.06 bits per heavy atom. The number of anilines is 2. The van der Waals surface area contributed by atoms with Crippen molar-refractivity contribution in [1.82, 2.24) is 40.3 Å². The molecule has 5 unspecified atom stereocenters. The number of imide groups is 1.